The highest BCUT2D eigenvalue weighted by molar-refractivity contribution is 7.90. The molecule has 0 aliphatic rings. The molecule has 122 valence electrons. The predicted octanol–water partition coefficient (Wildman–Crippen LogP) is 2.54. The number of hydrogen-bond donors (Lipinski definition) is 1. The summed E-state index contributed by atoms with van der Waals surface area (Å²) in [4.78, 5) is 11.2. The quantitative estimate of drug-likeness (QED) is 0.769. The van der Waals surface area contributed by atoms with Gasteiger partial charge in [0.05, 0.1) is 28.1 Å². The molecule has 0 unspecified atom stereocenters. The Labute approximate surface area is 138 Å². The Kier molecular flexibility index (Phi) is 4.18. The minimum Gasteiger partial charge on any atom is -0.478 e. The maximum atomic E-state index is 12.4. The predicted molar refractivity (Wildman–Crippen MR) is 87.9 cm³/mol. The number of nitrogens with zero attached hydrogens (tertiary/aromatic N) is 2. The first kappa shape index (κ1) is 15.9. The van der Waals surface area contributed by atoms with E-state index in [1.165, 1.54) is 17.1 Å². The van der Waals surface area contributed by atoms with E-state index in [2.05, 4.69) is 5.10 Å². The molecule has 0 saturated heterocycles. The van der Waals surface area contributed by atoms with Crippen LogP contribution in [0.2, 0.25) is 0 Å². The van der Waals surface area contributed by atoms with Crippen molar-refractivity contribution in [3.8, 4) is 5.69 Å². The third kappa shape index (κ3) is 3.36. The second kappa shape index (κ2) is 6.29. The number of sulfone groups is 1. The summed E-state index contributed by atoms with van der Waals surface area (Å²) in [5, 5.41) is 12.9. The van der Waals surface area contributed by atoms with Crippen LogP contribution in [0.1, 0.15) is 15.9 Å². The van der Waals surface area contributed by atoms with E-state index in [9.17, 15) is 13.2 Å². The molecule has 6 nitrogen and oxygen atoms in total. The summed E-state index contributed by atoms with van der Waals surface area (Å²) in [7, 11) is -3.40. The smallest absolute Gasteiger partial charge is 0.338 e. The maximum Gasteiger partial charge on any atom is 0.338 e. The summed E-state index contributed by atoms with van der Waals surface area (Å²) < 4.78 is 26.1. The maximum absolute atomic E-state index is 12.4. The van der Waals surface area contributed by atoms with Crippen LogP contribution in [0.3, 0.4) is 0 Å². The van der Waals surface area contributed by atoms with Crippen molar-refractivity contribution >= 4 is 15.8 Å². The molecule has 0 aliphatic carbocycles. The minimum atomic E-state index is -3.40. The van der Waals surface area contributed by atoms with Crippen molar-refractivity contribution in [1.29, 1.82) is 0 Å². The number of rotatable bonds is 5. The van der Waals surface area contributed by atoms with Crippen molar-refractivity contribution in [2.45, 2.75) is 10.6 Å². The van der Waals surface area contributed by atoms with Gasteiger partial charge in [0, 0.05) is 6.20 Å². The molecule has 3 aromatic rings. The second-order valence-corrected chi connectivity index (χ2v) is 7.21. The number of carboxylic acid groups (broad SMARTS) is 1. The van der Waals surface area contributed by atoms with Crippen LogP contribution in [0.4, 0.5) is 0 Å². The summed E-state index contributed by atoms with van der Waals surface area (Å²) in [6, 6.07) is 15.1. The number of carboxylic acids is 1. The van der Waals surface area contributed by atoms with E-state index in [0.29, 0.717) is 11.3 Å². The van der Waals surface area contributed by atoms with Gasteiger partial charge in [-0.25, -0.2) is 17.9 Å². The van der Waals surface area contributed by atoms with E-state index in [4.69, 9.17) is 5.11 Å². The van der Waals surface area contributed by atoms with Gasteiger partial charge in [-0.15, -0.1) is 0 Å². The monoisotopic (exact) mass is 342 g/mol. The molecular formula is C17H14N2O4S. The lowest BCUT2D eigenvalue weighted by Gasteiger charge is -2.06. The Bertz CT molecular complexity index is 961. The van der Waals surface area contributed by atoms with Gasteiger partial charge in [-0.05, 0) is 29.8 Å². The number of aromatic carboxylic acids is 1. The summed E-state index contributed by atoms with van der Waals surface area (Å²) in [6.07, 6.45) is 2.66. The minimum absolute atomic E-state index is 0.0886. The molecule has 2 aromatic carbocycles. The summed E-state index contributed by atoms with van der Waals surface area (Å²) in [5.74, 6) is -1.15. The van der Waals surface area contributed by atoms with E-state index in [-0.39, 0.29) is 16.2 Å². The van der Waals surface area contributed by atoms with E-state index >= 15 is 0 Å². The van der Waals surface area contributed by atoms with Crippen LogP contribution in [-0.4, -0.2) is 29.3 Å². The molecule has 0 atom stereocenters. The zero-order valence-electron chi connectivity index (χ0n) is 12.5. The molecule has 1 aromatic heterocycles. The van der Waals surface area contributed by atoms with Crippen molar-refractivity contribution in [2.75, 3.05) is 0 Å². The first-order chi connectivity index (χ1) is 11.5. The van der Waals surface area contributed by atoms with Crippen molar-refractivity contribution in [2.24, 2.45) is 0 Å². The number of aromatic nitrogens is 2. The highest BCUT2D eigenvalue weighted by Crippen LogP contribution is 2.17. The van der Waals surface area contributed by atoms with Crippen molar-refractivity contribution < 1.29 is 18.3 Å². The molecule has 0 spiro atoms. The third-order valence-electron chi connectivity index (χ3n) is 3.49. The van der Waals surface area contributed by atoms with Crippen molar-refractivity contribution in [3.05, 3.63) is 78.1 Å². The van der Waals surface area contributed by atoms with Crippen LogP contribution >= 0.6 is 0 Å². The zero-order chi connectivity index (χ0) is 17.2. The van der Waals surface area contributed by atoms with Crippen LogP contribution in [-0.2, 0) is 15.6 Å². The lowest BCUT2D eigenvalue weighted by molar-refractivity contribution is 0.0697. The molecule has 0 aliphatic heterocycles. The fourth-order valence-electron chi connectivity index (χ4n) is 2.25. The van der Waals surface area contributed by atoms with Gasteiger partial charge in [-0.2, -0.15) is 5.10 Å². The average molecular weight is 342 g/mol. The fourth-order valence-corrected chi connectivity index (χ4v) is 3.62. The lowest BCUT2D eigenvalue weighted by atomic mass is 10.2. The number of carbonyl (C=O) groups is 1. The summed E-state index contributed by atoms with van der Waals surface area (Å²) >= 11 is 0. The van der Waals surface area contributed by atoms with E-state index in [1.807, 2.05) is 0 Å². The van der Waals surface area contributed by atoms with Crippen LogP contribution in [0, 0.1) is 0 Å². The van der Waals surface area contributed by atoms with Crippen molar-refractivity contribution in [3.63, 3.8) is 0 Å². The van der Waals surface area contributed by atoms with Gasteiger partial charge in [0.1, 0.15) is 0 Å². The Morgan fingerprint density at radius 2 is 1.71 bits per heavy atom. The van der Waals surface area contributed by atoms with E-state index in [1.54, 1.807) is 54.6 Å². The topological polar surface area (TPSA) is 89.3 Å². The first-order valence-corrected chi connectivity index (χ1v) is 8.76. The van der Waals surface area contributed by atoms with E-state index in [0.717, 1.165) is 0 Å². The molecule has 1 heterocycles. The Morgan fingerprint density at radius 1 is 1.04 bits per heavy atom. The molecule has 0 fully saturated rings. The van der Waals surface area contributed by atoms with Crippen LogP contribution < -0.4 is 0 Å². The van der Waals surface area contributed by atoms with Crippen molar-refractivity contribution in [1.82, 2.24) is 9.78 Å². The third-order valence-corrected chi connectivity index (χ3v) is 5.19. The van der Waals surface area contributed by atoms with Gasteiger partial charge >= 0.3 is 5.97 Å². The molecule has 7 heteroatoms. The van der Waals surface area contributed by atoms with Gasteiger partial charge in [-0.3, -0.25) is 0 Å². The largest absolute Gasteiger partial charge is 0.478 e. The van der Waals surface area contributed by atoms with Gasteiger partial charge in [-0.1, -0.05) is 30.3 Å². The molecule has 0 saturated carbocycles. The summed E-state index contributed by atoms with van der Waals surface area (Å²) in [5.41, 5.74) is 1.39. The summed E-state index contributed by atoms with van der Waals surface area (Å²) in [6.45, 7) is 0. The zero-order valence-corrected chi connectivity index (χ0v) is 13.3. The van der Waals surface area contributed by atoms with Gasteiger partial charge in [0.25, 0.3) is 0 Å². The Hall–Kier alpha value is -2.93. The molecule has 24 heavy (non-hydrogen) atoms. The fraction of sp³-hybridized carbons (Fsp3) is 0.0588. The molecule has 0 radical (unpaired) electrons. The lowest BCUT2D eigenvalue weighted by Crippen LogP contribution is -2.05. The van der Waals surface area contributed by atoms with Gasteiger partial charge in [0.15, 0.2) is 9.84 Å². The number of hydrogen-bond acceptors (Lipinski definition) is 4. The molecule has 3 rings (SSSR count). The Morgan fingerprint density at radius 3 is 2.29 bits per heavy atom. The normalized spacial score (nSPS) is 11.3. The first-order valence-electron chi connectivity index (χ1n) is 7.11. The molecule has 0 bridgehead atoms. The SMILES string of the molecule is O=C(O)c1cnn(-c2ccc(CS(=O)(=O)c3ccccc3)cc2)c1. The highest BCUT2D eigenvalue weighted by atomic mass is 32.2. The van der Waals surface area contributed by atoms with E-state index < -0.39 is 15.8 Å². The van der Waals surface area contributed by atoms with Gasteiger partial charge < -0.3 is 5.11 Å². The highest BCUT2D eigenvalue weighted by Gasteiger charge is 2.15. The van der Waals surface area contributed by atoms with Gasteiger partial charge in [0.2, 0.25) is 0 Å². The molecule has 1 N–H and O–H groups in total. The molecule has 0 amide bonds. The van der Waals surface area contributed by atoms with Crippen LogP contribution in [0.25, 0.3) is 5.69 Å². The molecular weight excluding hydrogens is 328 g/mol. The van der Waals surface area contributed by atoms with Crippen LogP contribution in [0.15, 0.2) is 71.9 Å². The number of benzene rings is 2. The van der Waals surface area contributed by atoms with Crippen LogP contribution in [0.5, 0.6) is 0 Å². The second-order valence-electron chi connectivity index (χ2n) is 5.22. The standard InChI is InChI=1S/C17H14N2O4S/c20-17(21)14-10-18-19(11-14)15-8-6-13(7-9-15)12-24(22,23)16-4-2-1-3-5-16/h1-11H,12H2,(H,20,21). The Balaban J connectivity index is 1.81. The average Bonchev–Trinajstić information content (AvgIpc) is 3.06.